The lowest BCUT2D eigenvalue weighted by Crippen LogP contribution is -1.85. The number of hydrogen-bond acceptors (Lipinski definition) is 1. The summed E-state index contributed by atoms with van der Waals surface area (Å²) in [5.41, 5.74) is 1.74. The van der Waals surface area contributed by atoms with Crippen LogP contribution in [0, 0.1) is 6.92 Å². The largest absolute Gasteiger partial charge is 0.298 e. The van der Waals surface area contributed by atoms with Crippen molar-refractivity contribution in [2.24, 2.45) is 0 Å². The highest BCUT2D eigenvalue weighted by Gasteiger charge is 1.98. The van der Waals surface area contributed by atoms with Crippen LogP contribution in [-0.2, 0) is 0 Å². The molecule has 10 heavy (non-hydrogen) atoms. The summed E-state index contributed by atoms with van der Waals surface area (Å²) in [7, 11) is 0. The summed E-state index contributed by atoms with van der Waals surface area (Å²) in [5, 5.41) is 0. The number of halogens is 1. The Balaban J connectivity index is 3.30. The maximum absolute atomic E-state index is 10.4. The van der Waals surface area contributed by atoms with Gasteiger partial charge in [0, 0.05) is 10.0 Å². The molecule has 52 valence electrons. The van der Waals surface area contributed by atoms with Crippen molar-refractivity contribution in [3.05, 3.63) is 33.8 Å². The molecule has 0 unspecified atom stereocenters. The van der Waals surface area contributed by atoms with Crippen LogP contribution in [0.15, 0.2) is 22.7 Å². The van der Waals surface area contributed by atoms with Crippen molar-refractivity contribution in [1.82, 2.24) is 0 Å². The Morgan fingerprint density at radius 2 is 2.20 bits per heavy atom. The van der Waals surface area contributed by atoms with Crippen molar-refractivity contribution in [2.75, 3.05) is 0 Å². The molecule has 1 aromatic rings. The predicted molar refractivity (Wildman–Crippen MR) is 44.3 cm³/mol. The molecule has 0 bridgehead atoms. The SMILES string of the molecule is Cc1cccc(Br)c1C=O. The van der Waals surface area contributed by atoms with Gasteiger partial charge in [0.05, 0.1) is 0 Å². The van der Waals surface area contributed by atoms with E-state index >= 15 is 0 Å². The van der Waals surface area contributed by atoms with Crippen LogP contribution in [0.1, 0.15) is 15.9 Å². The van der Waals surface area contributed by atoms with Crippen molar-refractivity contribution in [3.8, 4) is 0 Å². The third kappa shape index (κ3) is 1.27. The number of aryl methyl sites for hydroxylation is 1. The van der Waals surface area contributed by atoms with E-state index in [1.54, 1.807) is 0 Å². The van der Waals surface area contributed by atoms with Crippen molar-refractivity contribution < 1.29 is 4.79 Å². The highest BCUT2D eigenvalue weighted by Crippen LogP contribution is 2.17. The molecule has 0 aromatic heterocycles. The van der Waals surface area contributed by atoms with Crippen LogP contribution in [0.3, 0.4) is 0 Å². The number of hydrogen-bond donors (Lipinski definition) is 0. The second-order valence-electron chi connectivity index (χ2n) is 2.09. The fourth-order valence-electron chi connectivity index (χ4n) is 0.794. The number of carbonyl (C=O) groups is 1. The van der Waals surface area contributed by atoms with Crippen LogP contribution in [0.2, 0.25) is 0 Å². The molecule has 1 nitrogen and oxygen atoms in total. The molecule has 0 saturated heterocycles. The number of benzene rings is 1. The van der Waals surface area contributed by atoms with Gasteiger partial charge < -0.3 is 0 Å². The first-order valence-corrected chi connectivity index (χ1v) is 3.75. The number of carbonyl (C=O) groups excluding carboxylic acids is 1. The third-order valence-corrected chi connectivity index (χ3v) is 2.08. The Kier molecular flexibility index (Phi) is 2.22. The monoisotopic (exact) mass is 198 g/mol. The minimum absolute atomic E-state index is 0.738. The summed E-state index contributed by atoms with van der Waals surface area (Å²) in [5.74, 6) is 0. The van der Waals surface area contributed by atoms with E-state index < -0.39 is 0 Å². The molecule has 0 radical (unpaired) electrons. The summed E-state index contributed by atoms with van der Waals surface area (Å²) in [6.45, 7) is 1.91. The van der Waals surface area contributed by atoms with E-state index in [4.69, 9.17) is 0 Å². The van der Waals surface area contributed by atoms with Gasteiger partial charge in [0.15, 0.2) is 6.29 Å². The Labute approximate surface area is 68.2 Å². The normalized spacial score (nSPS) is 9.40. The third-order valence-electron chi connectivity index (χ3n) is 1.39. The van der Waals surface area contributed by atoms with Gasteiger partial charge in [0.2, 0.25) is 0 Å². The molecule has 0 aliphatic heterocycles. The van der Waals surface area contributed by atoms with Crippen LogP contribution < -0.4 is 0 Å². The van der Waals surface area contributed by atoms with Crippen LogP contribution in [-0.4, -0.2) is 6.29 Å². The molecule has 0 heterocycles. The lowest BCUT2D eigenvalue weighted by Gasteiger charge is -1.98. The van der Waals surface area contributed by atoms with Crippen LogP contribution in [0.25, 0.3) is 0 Å². The van der Waals surface area contributed by atoms with E-state index in [0.29, 0.717) is 0 Å². The van der Waals surface area contributed by atoms with Gasteiger partial charge in [-0.1, -0.05) is 28.1 Å². The van der Waals surface area contributed by atoms with Gasteiger partial charge in [-0.25, -0.2) is 0 Å². The molecule has 0 amide bonds. The van der Waals surface area contributed by atoms with Gasteiger partial charge in [-0.15, -0.1) is 0 Å². The second kappa shape index (κ2) is 2.97. The second-order valence-corrected chi connectivity index (χ2v) is 2.94. The van der Waals surface area contributed by atoms with Crippen molar-refractivity contribution in [1.29, 1.82) is 0 Å². The predicted octanol–water partition coefficient (Wildman–Crippen LogP) is 2.57. The Morgan fingerprint density at radius 1 is 1.50 bits per heavy atom. The molecule has 0 atom stereocenters. The van der Waals surface area contributed by atoms with Gasteiger partial charge >= 0.3 is 0 Å². The molecule has 0 spiro atoms. The highest BCUT2D eigenvalue weighted by atomic mass is 79.9. The molecule has 0 aliphatic carbocycles. The molecular weight excluding hydrogens is 192 g/mol. The first-order valence-electron chi connectivity index (χ1n) is 2.96. The zero-order valence-corrected chi connectivity index (χ0v) is 7.18. The fourth-order valence-corrected chi connectivity index (χ4v) is 1.35. The average Bonchev–Trinajstić information content (AvgIpc) is 1.88. The van der Waals surface area contributed by atoms with E-state index in [0.717, 1.165) is 21.9 Å². The van der Waals surface area contributed by atoms with Crippen LogP contribution in [0.5, 0.6) is 0 Å². The summed E-state index contributed by atoms with van der Waals surface area (Å²) in [6, 6.07) is 5.68. The molecule has 0 N–H and O–H groups in total. The molecule has 1 aromatic carbocycles. The van der Waals surface area contributed by atoms with Gasteiger partial charge in [-0.2, -0.15) is 0 Å². The van der Waals surface area contributed by atoms with E-state index in [2.05, 4.69) is 15.9 Å². The molecular formula is C8H7BrO. The van der Waals surface area contributed by atoms with Crippen molar-refractivity contribution >= 4 is 22.2 Å². The summed E-state index contributed by atoms with van der Waals surface area (Å²) in [4.78, 5) is 10.4. The topological polar surface area (TPSA) is 17.1 Å². The molecule has 1 rings (SSSR count). The van der Waals surface area contributed by atoms with Gasteiger partial charge in [-0.05, 0) is 18.6 Å². The fraction of sp³-hybridized carbons (Fsp3) is 0.125. The summed E-state index contributed by atoms with van der Waals surface area (Å²) in [6.07, 6.45) is 0.861. The van der Waals surface area contributed by atoms with Gasteiger partial charge in [0.1, 0.15) is 0 Å². The average molecular weight is 199 g/mol. The zero-order valence-electron chi connectivity index (χ0n) is 5.60. The summed E-state index contributed by atoms with van der Waals surface area (Å²) >= 11 is 3.28. The Hall–Kier alpha value is -0.630. The molecule has 2 heteroatoms. The van der Waals surface area contributed by atoms with Crippen molar-refractivity contribution in [3.63, 3.8) is 0 Å². The minimum Gasteiger partial charge on any atom is -0.298 e. The van der Waals surface area contributed by atoms with E-state index in [-0.39, 0.29) is 0 Å². The lowest BCUT2D eigenvalue weighted by molar-refractivity contribution is 0.112. The molecule has 0 aliphatic rings. The van der Waals surface area contributed by atoms with Crippen molar-refractivity contribution in [2.45, 2.75) is 6.92 Å². The van der Waals surface area contributed by atoms with E-state index in [1.165, 1.54) is 0 Å². The molecule has 0 saturated carbocycles. The Morgan fingerprint density at radius 3 is 2.60 bits per heavy atom. The maximum atomic E-state index is 10.4. The smallest absolute Gasteiger partial charge is 0.151 e. The Bertz CT molecular complexity index is 235. The first-order chi connectivity index (χ1) is 4.75. The quantitative estimate of drug-likeness (QED) is 0.635. The van der Waals surface area contributed by atoms with Gasteiger partial charge in [0.25, 0.3) is 0 Å². The standard InChI is InChI=1S/C8H7BrO/c1-6-3-2-4-8(9)7(6)5-10/h2-5H,1H3. The maximum Gasteiger partial charge on any atom is 0.151 e. The number of rotatable bonds is 1. The molecule has 0 fully saturated rings. The lowest BCUT2D eigenvalue weighted by atomic mass is 10.1. The van der Waals surface area contributed by atoms with Crippen LogP contribution >= 0.6 is 15.9 Å². The van der Waals surface area contributed by atoms with E-state index in [1.807, 2.05) is 25.1 Å². The summed E-state index contributed by atoms with van der Waals surface area (Å²) < 4.78 is 0.863. The number of aldehydes is 1. The minimum atomic E-state index is 0.738. The zero-order chi connectivity index (χ0) is 7.56. The van der Waals surface area contributed by atoms with Gasteiger partial charge in [-0.3, -0.25) is 4.79 Å². The first kappa shape index (κ1) is 7.48. The van der Waals surface area contributed by atoms with E-state index in [9.17, 15) is 4.79 Å². The highest BCUT2D eigenvalue weighted by molar-refractivity contribution is 9.10. The van der Waals surface area contributed by atoms with Crippen LogP contribution in [0.4, 0.5) is 0 Å².